The molecule has 0 aliphatic heterocycles. The first-order valence-corrected chi connectivity index (χ1v) is 6.59. The number of pyridine rings is 1. The zero-order chi connectivity index (χ0) is 13.0. The largest absolute Gasteiger partial charge is 0.384 e. The average molecular weight is 247 g/mol. The third kappa shape index (κ3) is 3.22. The van der Waals surface area contributed by atoms with Crippen LogP contribution in [0.4, 0.5) is 5.82 Å². The second-order valence-corrected chi connectivity index (χ2v) is 5.52. The second kappa shape index (κ2) is 5.38. The smallest absolute Gasteiger partial charge is 0.251 e. The zero-order valence-electron chi connectivity index (χ0n) is 10.9. The Bertz CT molecular complexity index is 425. The molecule has 1 saturated carbocycles. The van der Waals surface area contributed by atoms with Gasteiger partial charge in [0, 0.05) is 18.3 Å². The van der Waals surface area contributed by atoms with Gasteiger partial charge in [-0.05, 0) is 30.4 Å². The van der Waals surface area contributed by atoms with Gasteiger partial charge in [-0.2, -0.15) is 0 Å². The quantitative estimate of drug-likeness (QED) is 0.861. The Morgan fingerprint density at radius 1 is 1.44 bits per heavy atom. The van der Waals surface area contributed by atoms with Crippen LogP contribution in [0.1, 0.15) is 49.4 Å². The summed E-state index contributed by atoms with van der Waals surface area (Å²) in [4.78, 5) is 15.9. The molecule has 2 rings (SSSR count). The Balaban J connectivity index is 1.92. The van der Waals surface area contributed by atoms with Gasteiger partial charge in [0.25, 0.3) is 5.91 Å². The Hall–Kier alpha value is -1.58. The average Bonchev–Trinajstić information content (AvgIpc) is 2.37. The van der Waals surface area contributed by atoms with Crippen LogP contribution in [0.2, 0.25) is 0 Å². The summed E-state index contributed by atoms with van der Waals surface area (Å²) in [6, 6.07) is 3.30. The minimum Gasteiger partial charge on any atom is -0.384 e. The van der Waals surface area contributed by atoms with Gasteiger partial charge in [0.15, 0.2) is 0 Å². The van der Waals surface area contributed by atoms with Crippen molar-refractivity contribution in [3.63, 3.8) is 0 Å². The van der Waals surface area contributed by atoms with Crippen molar-refractivity contribution < 1.29 is 4.79 Å². The summed E-state index contributed by atoms with van der Waals surface area (Å²) in [5, 5.41) is 3.01. The van der Waals surface area contributed by atoms with Crippen molar-refractivity contribution in [3.05, 3.63) is 23.9 Å². The van der Waals surface area contributed by atoms with Gasteiger partial charge < -0.3 is 11.1 Å². The van der Waals surface area contributed by atoms with Crippen LogP contribution >= 0.6 is 0 Å². The first-order valence-electron chi connectivity index (χ1n) is 6.59. The van der Waals surface area contributed by atoms with E-state index in [1.54, 1.807) is 18.3 Å². The highest BCUT2D eigenvalue weighted by atomic mass is 16.1. The number of nitrogens with zero attached hydrogens (tertiary/aromatic N) is 1. The molecule has 1 aliphatic rings. The maximum absolute atomic E-state index is 12.0. The summed E-state index contributed by atoms with van der Waals surface area (Å²) in [6.45, 7) is 3.00. The molecular formula is C14H21N3O. The van der Waals surface area contributed by atoms with Gasteiger partial charge in [0.05, 0.1) is 0 Å². The molecule has 1 aliphatic carbocycles. The fraction of sp³-hybridized carbons (Fsp3) is 0.571. The van der Waals surface area contributed by atoms with E-state index >= 15 is 0 Å². The summed E-state index contributed by atoms with van der Waals surface area (Å²) in [5.74, 6) is 0.322. The van der Waals surface area contributed by atoms with Gasteiger partial charge in [-0.1, -0.05) is 26.2 Å². The first kappa shape index (κ1) is 12.9. The summed E-state index contributed by atoms with van der Waals surface area (Å²) < 4.78 is 0. The minimum atomic E-state index is -0.0594. The molecule has 4 heteroatoms. The maximum Gasteiger partial charge on any atom is 0.251 e. The monoisotopic (exact) mass is 247 g/mol. The van der Waals surface area contributed by atoms with Crippen molar-refractivity contribution in [2.75, 3.05) is 12.3 Å². The van der Waals surface area contributed by atoms with E-state index in [0.717, 1.165) is 6.54 Å². The normalized spacial score (nSPS) is 18.3. The molecule has 1 fully saturated rings. The second-order valence-electron chi connectivity index (χ2n) is 5.52. The summed E-state index contributed by atoms with van der Waals surface area (Å²) in [6.07, 6.45) is 7.83. The van der Waals surface area contributed by atoms with E-state index in [-0.39, 0.29) is 11.3 Å². The van der Waals surface area contributed by atoms with E-state index < -0.39 is 0 Å². The van der Waals surface area contributed by atoms with Crippen LogP contribution < -0.4 is 11.1 Å². The highest BCUT2D eigenvalue weighted by Crippen LogP contribution is 2.34. The Kier molecular flexibility index (Phi) is 3.84. The number of carbonyl (C=O) groups is 1. The third-order valence-corrected chi connectivity index (χ3v) is 3.78. The highest BCUT2D eigenvalue weighted by Gasteiger charge is 2.27. The predicted molar refractivity (Wildman–Crippen MR) is 72.2 cm³/mol. The van der Waals surface area contributed by atoms with Crippen LogP contribution in [0.3, 0.4) is 0 Å². The fourth-order valence-corrected chi connectivity index (χ4v) is 2.57. The molecule has 0 spiro atoms. The van der Waals surface area contributed by atoms with E-state index in [2.05, 4.69) is 17.2 Å². The van der Waals surface area contributed by atoms with Crippen molar-refractivity contribution in [2.24, 2.45) is 5.41 Å². The molecule has 1 heterocycles. The van der Waals surface area contributed by atoms with E-state index in [1.165, 1.54) is 32.1 Å². The molecule has 1 aromatic rings. The number of amides is 1. The molecule has 3 N–H and O–H groups in total. The van der Waals surface area contributed by atoms with Crippen LogP contribution in [-0.4, -0.2) is 17.4 Å². The number of aromatic nitrogens is 1. The number of anilines is 1. The molecule has 0 atom stereocenters. The first-order chi connectivity index (χ1) is 8.59. The molecule has 1 amide bonds. The molecule has 0 bridgehead atoms. The van der Waals surface area contributed by atoms with Crippen molar-refractivity contribution in [1.29, 1.82) is 0 Å². The third-order valence-electron chi connectivity index (χ3n) is 3.78. The highest BCUT2D eigenvalue weighted by molar-refractivity contribution is 5.94. The predicted octanol–water partition coefficient (Wildman–Crippen LogP) is 2.36. The molecule has 0 unspecified atom stereocenters. The van der Waals surface area contributed by atoms with Crippen molar-refractivity contribution in [3.8, 4) is 0 Å². The summed E-state index contributed by atoms with van der Waals surface area (Å²) in [5.41, 5.74) is 6.41. The van der Waals surface area contributed by atoms with E-state index in [0.29, 0.717) is 11.4 Å². The standard InChI is InChI=1S/C14H21N3O/c1-14(6-3-2-4-7-14)10-17-13(18)11-5-8-16-12(15)9-11/h5,8-9H,2-4,6-7,10H2,1H3,(H2,15,16)(H,17,18). The van der Waals surface area contributed by atoms with E-state index in [9.17, 15) is 4.79 Å². The van der Waals surface area contributed by atoms with E-state index in [4.69, 9.17) is 5.73 Å². The van der Waals surface area contributed by atoms with Crippen molar-refractivity contribution in [1.82, 2.24) is 10.3 Å². The number of nitrogens with two attached hydrogens (primary N) is 1. The SMILES string of the molecule is CC1(CNC(=O)c2ccnc(N)c2)CCCCC1. The number of carbonyl (C=O) groups excluding carboxylic acids is 1. The van der Waals surface area contributed by atoms with E-state index in [1.807, 2.05) is 0 Å². The van der Waals surface area contributed by atoms with Crippen LogP contribution in [0.5, 0.6) is 0 Å². The molecular weight excluding hydrogens is 226 g/mol. The lowest BCUT2D eigenvalue weighted by Crippen LogP contribution is -2.37. The van der Waals surface area contributed by atoms with Gasteiger partial charge in [-0.3, -0.25) is 4.79 Å². The topological polar surface area (TPSA) is 68.0 Å². The summed E-state index contributed by atoms with van der Waals surface area (Å²) in [7, 11) is 0. The molecule has 98 valence electrons. The van der Waals surface area contributed by atoms with Gasteiger partial charge in [0.1, 0.15) is 5.82 Å². The Labute approximate surface area is 108 Å². The van der Waals surface area contributed by atoms with Gasteiger partial charge >= 0.3 is 0 Å². The maximum atomic E-state index is 12.0. The Morgan fingerprint density at radius 3 is 2.83 bits per heavy atom. The molecule has 0 saturated heterocycles. The number of rotatable bonds is 3. The fourth-order valence-electron chi connectivity index (χ4n) is 2.57. The number of nitrogens with one attached hydrogen (secondary N) is 1. The number of nitrogen functional groups attached to an aromatic ring is 1. The van der Waals surface area contributed by atoms with Crippen molar-refractivity contribution in [2.45, 2.75) is 39.0 Å². The lowest BCUT2D eigenvalue weighted by atomic mass is 9.76. The molecule has 4 nitrogen and oxygen atoms in total. The number of hydrogen-bond acceptors (Lipinski definition) is 3. The van der Waals surface area contributed by atoms with Crippen molar-refractivity contribution >= 4 is 11.7 Å². The summed E-state index contributed by atoms with van der Waals surface area (Å²) >= 11 is 0. The molecule has 1 aromatic heterocycles. The van der Waals surface area contributed by atoms with Crippen LogP contribution in [0.15, 0.2) is 18.3 Å². The van der Waals surface area contributed by atoms with Crippen LogP contribution in [0.25, 0.3) is 0 Å². The molecule has 18 heavy (non-hydrogen) atoms. The van der Waals surface area contributed by atoms with Crippen LogP contribution in [0, 0.1) is 5.41 Å². The lowest BCUT2D eigenvalue weighted by molar-refractivity contribution is 0.0919. The Morgan fingerprint density at radius 2 is 2.17 bits per heavy atom. The van der Waals surface area contributed by atoms with Gasteiger partial charge in [0.2, 0.25) is 0 Å². The molecule has 0 radical (unpaired) electrons. The molecule has 0 aromatic carbocycles. The van der Waals surface area contributed by atoms with Gasteiger partial charge in [-0.25, -0.2) is 4.98 Å². The van der Waals surface area contributed by atoms with Crippen LogP contribution in [-0.2, 0) is 0 Å². The number of hydrogen-bond donors (Lipinski definition) is 2. The lowest BCUT2D eigenvalue weighted by Gasteiger charge is -2.33. The van der Waals surface area contributed by atoms with Gasteiger partial charge in [-0.15, -0.1) is 0 Å². The minimum absolute atomic E-state index is 0.0594. The zero-order valence-corrected chi connectivity index (χ0v) is 10.9.